The first-order valence-electron chi connectivity index (χ1n) is 9.86. The number of thiophene rings is 1. The first-order valence-corrected chi connectivity index (χ1v) is 11.2. The van der Waals surface area contributed by atoms with Crippen LogP contribution in [0.2, 0.25) is 0 Å². The lowest BCUT2D eigenvalue weighted by Crippen LogP contribution is -2.24. The topological polar surface area (TPSA) is 66.0 Å². The average molecular weight is 430 g/mol. The second-order valence-electron chi connectivity index (χ2n) is 6.79. The maximum absolute atomic E-state index is 12.3. The summed E-state index contributed by atoms with van der Waals surface area (Å²) in [7, 11) is 0. The van der Waals surface area contributed by atoms with Crippen LogP contribution in [0.3, 0.4) is 0 Å². The van der Waals surface area contributed by atoms with E-state index in [1.54, 1.807) is 11.3 Å². The molecule has 3 rings (SSSR count). The van der Waals surface area contributed by atoms with Crippen molar-refractivity contribution in [1.82, 2.24) is 25.0 Å². The number of H-pyrrole nitrogens is 1. The number of benzene rings is 1. The summed E-state index contributed by atoms with van der Waals surface area (Å²) in [5.74, 6) is 0.777. The van der Waals surface area contributed by atoms with Crippen LogP contribution in [0, 0.1) is 4.77 Å². The Bertz CT molecular complexity index is 956. The zero-order valence-corrected chi connectivity index (χ0v) is 18.5. The molecule has 6 nitrogen and oxygen atoms in total. The van der Waals surface area contributed by atoms with Gasteiger partial charge in [0.15, 0.2) is 10.6 Å². The number of hydrogen-bond donors (Lipinski definition) is 2. The van der Waals surface area contributed by atoms with Gasteiger partial charge in [-0.2, -0.15) is 5.10 Å². The largest absolute Gasteiger partial charge is 0.352 e. The monoisotopic (exact) mass is 429 g/mol. The number of aromatic amines is 1. The molecule has 0 saturated heterocycles. The minimum atomic E-state index is -0.00236. The molecule has 0 spiro atoms. The molecule has 0 atom stereocenters. The molecule has 0 unspecified atom stereocenters. The summed E-state index contributed by atoms with van der Waals surface area (Å²) in [6, 6.07) is 12.4. The Balaban J connectivity index is 1.50. The van der Waals surface area contributed by atoms with Crippen molar-refractivity contribution in [3.8, 4) is 10.7 Å². The van der Waals surface area contributed by atoms with Crippen molar-refractivity contribution in [3.05, 3.63) is 57.7 Å². The van der Waals surface area contributed by atoms with E-state index in [9.17, 15) is 4.79 Å². The highest BCUT2D eigenvalue weighted by molar-refractivity contribution is 7.71. The van der Waals surface area contributed by atoms with E-state index in [-0.39, 0.29) is 5.91 Å². The van der Waals surface area contributed by atoms with Crippen LogP contribution in [0.4, 0.5) is 0 Å². The lowest BCUT2D eigenvalue weighted by Gasteiger charge is -2.18. The molecule has 0 aliphatic carbocycles. The highest BCUT2D eigenvalue weighted by atomic mass is 32.1. The Morgan fingerprint density at radius 2 is 1.93 bits per heavy atom. The first kappa shape index (κ1) is 21.4. The summed E-state index contributed by atoms with van der Waals surface area (Å²) in [5.41, 5.74) is 2.39. The van der Waals surface area contributed by atoms with Crippen LogP contribution in [-0.2, 0) is 24.4 Å². The van der Waals surface area contributed by atoms with E-state index in [1.165, 1.54) is 5.56 Å². The molecule has 1 aromatic carbocycles. The van der Waals surface area contributed by atoms with Crippen LogP contribution in [0.1, 0.15) is 31.4 Å². The summed E-state index contributed by atoms with van der Waals surface area (Å²) in [5, 5.41) is 12.1. The molecule has 8 heteroatoms. The fraction of sp³-hybridized carbons (Fsp3) is 0.381. The van der Waals surface area contributed by atoms with Crippen molar-refractivity contribution >= 4 is 29.5 Å². The fourth-order valence-corrected chi connectivity index (χ4v) is 4.03. The van der Waals surface area contributed by atoms with Gasteiger partial charge in [0.25, 0.3) is 0 Å². The maximum atomic E-state index is 12.3. The van der Waals surface area contributed by atoms with E-state index in [1.807, 2.05) is 22.1 Å². The molecular weight excluding hydrogens is 402 g/mol. The zero-order chi connectivity index (χ0) is 20.6. The van der Waals surface area contributed by atoms with E-state index in [0.29, 0.717) is 24.3 Å². The molecule has 154 valence electrons. The quantitative estimate of drug-likeness (QED) is 0.474. The van der Waals surface area contributed by atoms with Crippen molar-refractivity contribution in [2.24, 2.45) is 0 Å². The van der Waals surface area contributed by atoms with Gasteiger partial charge in [0.2, 0.25) is 5.91 Å². The summed E-state index contributed by atoms with van der Waals surface area (Å²) in [6.45, 7) is 8.42. The normalized spacial score (nSPS) is 11.1. The molecule has 0 saturated carbocycles. The predicted molar refractivity (Wildman–Crippen MR) is 120 cm³/mol. The third-order valence-electron chi connectivity index (χ3n) is 4.88. The van der Waals surface area contributed by atoms with E-state index in [0.717, 1.165) is 35.9 Å². The molecule has 0 bridgehead atoms. The van der Waals surface area contributed by atoms with Gasteiger partial charge < -0.3 is 5.32 Å². The Morgan fingerprint density at radius 3 is 2.59 bits per heavy atom. The smallest absolute Gasteiger partial charge is 0.222 e. The molecule has 0 fully saturated rings. The minimum absolute atomic E-state index is 0.00236. The van der Waals surface area contributed by atoms with E-state index in [2.05, 4.69) is 58.5 Å². The summed E-state index contributed by atoms with van der Waals surface area (Å²) in [4.78, 5) is 15.7. The summed E-state index contributed by atoms with van der Waals surface area (Å²) < 4.78 is 2.41. The molecule has 3 aromatic rings. The maximum Gasteiger partial charge on any atom is 0.222 e. The summed E-state index contributed by atoms with van der Waals surface area (Å²) >= 11 is 6.91. The zero-order valence-electron chi connectivity index (χ0n) is 16.9. The van der Waals surface area contributed by atoms with Gasteiger partial charge in [-0.15, -0.1) is 11.3 Å². The van der Waals surface area contributed by atoms with Crippen molar-refractivity contribution < 1.29 is 4.79 Å². The van der Waals surface area contributed by atoms with Crippen LogP contribution in [0.25, 0.3) is 10.7 Å². The van der Waals surface area contributed by atoms with E-state index < -0.39 is 0 Å². The standard InChI is InChI=1S/C21H27N5OS2/c1-3-25(4-2)15-17-9-7-16(8-10-17)14-22-19(27)11-12-26-20(23-24-21(26)28)18-6-5-13-29-18/h5-10,13H,3-4,11-12,14-15H2,1-2H3,(H,22,27)(H,24,28). The lowest BCUT2D eigenvalue weighted by molar-refractivity contribution is -0.121. The third kappa shape index (κ3) is 5.85. The number of carbonyl (C=O) groups excluding carboxylic acids is 1. The second-order valence-corrected chi connectivity index (χ2v) is 8.12. The van der Waals surface area contributed by atoms with Gasteiger partial charge in [-0.25, -0.2) is 0 Å². The van der Waals surface area contributed by atoms with Gasteiger partial charge in [0.1, 0.15) is 0 Å². The van der Waals surface area contributed by atoms with Crippen LogP contribution >= 0.6 is 23.6 Å². The molecule has 2 aromatic heterocycles. The molecule has 2 heterocycles. The predicted octanol–water partition coefficient (Wildman–Crippen LogP) is 4.22. The molecular formula is C21H27N5OS2. The van der Waals surface area contributed by atoms with Crippen molar-refractivity contribution in [3.63, 3.8) is 0 Å². The third-order valence-corrected chi connectivity index (χ3v) is 6.05. The fourth-order valence-electron chi connectivity index (χ4n) is 3.09. The molecule has 0 aliphatic rings. The van der Waals surface area contributed by atoms with Crippen LogP contribution in [0.5, 0.6) is 0 Å². The van der Waals surface area contributed by atoms with Crippen LogP contribution in [0.15, 0.2) is 41.8 Å². The molecule has 0 aliphatic heterocycles. The highest BCUT2D eigenvalue weighted by Gasteiger charge is 2.11. The SMILES string of the molecule is CCN(CC)Cc1ccc(CNC(=O)CCn2c(-c3cccs3)n[nH]c2=S)cc1. The molecule has 29 heavy (non-hydrogen) atoms. The van der Waals surface area contributed by atoms with E-state index >= 15 is 0 Å². The van der Waals surface area contributed by atoms with Gasteiger partial charge in [-0.05, 0) is 47.9 Å². The molecule has 2 N–H and O–H groups in total. The second kappa shape index (κ2) is 10.5. The Kier molecular flexibility index (Phi) is 7.74. The van der Waals surface area contributed by atoms with Gasteiger partial charge >= 0.3 is 0 Å². The number of carbonyl (C=O) groups is 1. The Morgan fingerprint density at radius 1 is 1.21 bits per heavy atom. The molecule has 0 radical (unpaired) electrons. The Labute approximate surface area is 180 Å². The first-order chi connectivity index (χ1) is 14.1. The number of nitrogens with one attached hydrogen (secondary N) is 2. The van der Waals surface area contributed by atoms with Crippen molar-refractivity contribution in [2.75, 3.05) is 13.1 Å². The van der Waals surface area contributed by atoms with Crippen LogP contribution < -0.4 is 5.32 Å². The number of hydrogen-bond acceptors (Lipinski definition) is 5. The van der Waals surface area contributed by atoms with Gasteiger partial charge in [0, 0.05) is 26.1 Å². The lowest BCUT2D eigenvalue weighted by atomic mass is 10.1. The van der Waals surface area contributed by atoms with Crippen molar-refractivity contribution in [1.29, 1.82) is 0 Å². The highest BCUT2D eigenvalue weighted by Crippen LogP contribution is 2.22. The number of aromatic nitrogens is 3. The van der Waals surface area contributed by atoms with Gasteiger partial charge in [0.05, 0.1) is 4.88 Å². The number of nitrogens with zero attached hydrogens (tertiary/aromatic N) is 3. The molecule has 1 amide bonds. The van der Waals surface area contributed by atoms with Crippen molar-refractivity contribution in [2.45, 2.75) is 39.9 Å². The summed E-state index contributed by atoms with van der Waals surface area (Å²) in [6.07, 6.45) is 0.353. The Hall–Kier alpha value is -2.29. The van der Waals surface area contributed by atoms with Gasteiger partial charge in [-0.1, -0.05) is 44.2 Å². The van der Waals surface area contributed by atoms with Gasteiger partial charge in [-0.3, -0.25) is 19.4 Å². The average Bonchev–Trinajstić information content (AvgIpc) is 3.39. The van der Waals surface area contributed by atoms with E-state index in [4.69, 9.17) is 12.2 Å². The number of amides is 1. The number of rotatable bonds is 10. The minimum Gasteiger partial charge on any atom is -0.352 e. The van der Waals surface area contributed by atoms with Crippen LogP contribution in [-0.4, -0.2) is 38.7 Å².